The Morgan fingerprint density at radius 1 is 0.909 bits per heavy atom. The number of nitrogens with zero attached hydrogens (tertiary/aromatic N) is 4. The van der Waals surface area contributed by atoms with Crippen LogP contribution in [0.2, 0.25) is 0 Å². The summed E-state index contributed by atoms with van der Waals surface area (Å²) in [6.07, 6.45) is -1.31. The highest BCUT2D eigenvalue weighted by molar-refractivity contribution is 7.89. The van der Waals surface area contributed by atoms with E-state index in [-0.39, 0.29) is 4.90 Å². The topological polar surface area (TPSA) is 56.8 Å². The van der Waals surface area contributed by atoms with Crippen molar-refractivity contribution in [3.8, 4) is 0 Å². The second-order valence-electron chi connectivity index (χ2n) is 8.45. The van der Waals surface area contributed by atoms with Gasteiger partial charge in [-0.3, -0.25) is 14.8 Å². The Balaban J connectivity index is 1.25. The molecule has 0 bridgehead atoms. The molecule has 0 spiro atoms. The van der Waals surface area contributed by atoms with E-state index < -0.39 is 27.7 Å². The first-order chi connectivity index (χ1) is 15.6. The molecule has 2 aromatic rings. The summed E-state index contributed by atoms with van der Waals surface area (Å²) in [5.41, 5.74) is -0.133. The summed E-state index contributed by atoms with van der Waals surface area (Å²) in [5, 5.41) is 0. The molecular formula is C22H26F4N4O2S. The maximum absolute atomic E-state index is 13.1. The first-order valence-electron chi connectivity index (χ1n) is 10.9. The second-order valence-corrected chi connectivity index (χ2v) is 10.4. The van der Waals surface area contributed by atoms with Gasteiger partial charge in [-0.05, 0) is 61.8 Å². The summed E-state index contributed by atoms with van der Waals surface area (Å²) in [6.45, 7) is 4.23. The van der Waals surface area contributed by atoms with Crippen LogP contribution in [0.4, 0.5) is 17.6 Å². The Labute approximate surface area is 190 Å². The van der Waals surface area contributed by atoms with Crippen LogP contribution in [0.1, 0.15) is 24.1 Å². The molecule has 1 aromatic carbocycles. The van der Waals surface area contributed by atoms with Crippen molar-refractivity contribution < 1.29 is 26.0 Å². The van der Waals surface area contributed by atoms with Gasteiger partial charge in [0.2, 0.25) is 10.0 Å². The van der Waals surface area contributed by atoms with Gasteiger partial charge in [-0.25, -0.2) is 12.8 Å². The Kier molecular flexibility index (Phi) is 7.04. The molecule has 0 unspecified atom stereocenters. The molecule has 4 rings (SSSR count). The number of likely N-dealkylation sites (tertiary alicyclic amines) is 1. The predicted molar refractivity (Wildman–Crippen MR) is 114 cm³/mol. The standard InChI is InChI=1S/C22H26F4N4O2S/c23-18-2-4-20(5-3-18)33(31,32)30-13-11-29(12-14-30)19-7-9-28(10-8-19)16-17-1-6-21(27-15-17)22(24,25)26/h1-6,15,19H,7-14,16H2. The number of piperidine rings is 1. The highest BCUT2D eigenvalue weighted by Crippen LogP contribution is 2.28. The zero-order valence-electron chi connectivity index (χ0n) is 18.0. The minimum atomic E-state index is -4.43. The van der Waals surface area contributed by atoms with Crippen LogP contribution in [0, 0.1) is 5.82 Å². The third kappa shape index (κ3) is 5.71. The van der Waals surface area contributed by atoms with E-state index in [1.165, 1.54) is 28.7 Å². The molecule has 0 radical (unpaired) electrons. The fourth-order valence-corrected chi connectivity index (χ4v) is 5.87. The number of hydrogen-bond donors (Lipinski definition) is 0. The Morgan fingerprint density at radius 3 is 2.09 bits per heavy atom. The fourth-order valence-electron chi connectivity index (χ4n) is 4.45. The Bertz CT molecular complexity index is 1030. The van der Waals surface area contributed by atoms with Crippen molar-refractivity contribution >= 4 is 10.0 Å². The SMILES string of the molecule is O=S(=O)(c1ccc(F)cc1)N1CCN(C2CCN(Cc3ccc(C(F)(F)F)nc3)CC2)CC1. The lowest BCUT2D eigenvalue weighted by Gasteiger charge is -2.42. The fraction of sp³-hybridized carbons (Fsp3) is 0.500. The van der Waals surface area contributed by atoms with E-state index in [0.717, 1.165) is 49.7 Å². The summed E-state index contributed by atoms with van der Waals surface area (Å²) in [5.74, 6) is -0.473. The zero-order valence-corrected chi connectivity index (χ0v) is 18.8. The first kappa shape index (κ1) is 24.1. The van der Waals surface area contributed by atoms with E-state index in [9.17, 15) is 26.0 Å². The molecule has 3 heterocycles. The molecule has 2 saturated heterocycles. The number of pyridine rings is 1. The van der Waals surface area contributed by atoms with Crippen LogP contribution >= 0.6 is 0 Å². The monoisotopic (exact) mass is 486 g/mol. The number of halogens is 4. The number of piperazine rings is 1. The number of sulfonamides is 1. The number of aromatic nitrogens is 1. The summed E-state index contributed by atoms with van der Waals surface area (Å²) < 4.78 is 78.1. The minimum absolute atomic E-state index is 0.100. The van der Waals surface area contributed by atoms with E-state index in [1.54, 1.807) is 0 Å². The highest BCUT2D eigenvalue weighted by Gasteiger charge is 2.33. The van der Waals surface area contributed by atoms with Crippen molar-refractivity contribution in [2.45, 2.75) is 36.5 Å². The lowest BCUT2D eigenvalue weighted by Crippen LogP contribution is -2.54. The average Bonchev–Trinajstić information content (AvgIpc) is 2.80. The van der Waals surface area contributed by atoms with Crippen molar-refractivity contribution in [1.29, 1.82) is 0 Å². The van der Waals surface area contributed by atoms with Crippen molar-refractivity contribution in [2.75, 3.05) is 39.3 Å². The predicted octanol–water partition coefficient (Wildman–Crippen LogP) is 3.21. The number of benzene rings is 1. The van der Waals surface area contributed by atoms with Crippen LogP contribution in [0.25, 0.3) is 0 Å². The molecule has 2 fully saturated rings. The molecule has 6 nitrogen and oxygen atoms in total. The molecular weight excluding hydrogens is 460 g/mol. The van der Waals surface area contributed by atoms with Gasteiger partial charge in [-0.2, -0.15) is 17.5 Å². The van der Waals surface area contributed by atoms with Crippen LogP contribution in [0.15, 0.2) is 47.5 Å². The molecule has 2 aliphatic rings. The summed E-state index contributed by atoms with van der Waals surface area (Å²) in [4.78, 5) is 8.14. The highest BCUT2D eigenvalue weighted by atomic mass is 32.2. The molecule has 0 amide bonds. The summed E-state index contributed by atoms with van der Waals surface area (Å²) in [6, 6.07) is 7.72. The Morgan fingerprint density at radius 2 is 1.55 bits per heavy atom. The third-order valence-corrected chi connectivity index (χ3v) is 8.23. The molecule has 0 N–H and O–H groups in total. The van der Waals surface area contributed by atoms with Crippen LogP contribution in [0.3, 0.4) is 0 Å². The first-order valence-corrected chi connectivity index (χ1v) is 12.3. The van der Waals surface area contributed by atoms with Gasteiger partial charge in [-0.1, -0.05) is 6.07 Å². The second kappa shape index (κ2) is 9.65. The Hall–Kier alpha value is -2.08. The van der Waals surface area contributed by atoms with Gasteiger partial charge in [0, 0.05) is 45.0 Å². The quantitative estimate of drug-likeness (QED) is 0.608. The molecule has 0 atom stereocenters. The number of rotatable bonds is 5. The third-order valence-electron chi connectivity index (χ3n) is 6.32. The number of hydrogen-bond acceptors (Lipinski definition) is 5. The van der Waals surface area contributed by atoms with Crippen LogP contribution in [-0.2, 0) is 22.7 Å². The van der Waals surface area contributed by atoms with E-state index in [2.05, 4.69) is 14.8 Å². The molecule has 0 saturated carbocycles. The van der Waals surface area contributed by atoms with Gasteiger partial charge in [0.1, 0.15) is 11.5 Å². The van der Waals surface area contributed by atoms with Crippen molar-refractivity contribution in [3.63, 3.8) is 0 Å². The van der Waals surface area contributed by atoms with E-state index in [0.29, 0.717) is 38.8 Å². The van der Waals surface area contributed by atoms with Gasteiger partial charge >= 0.3 is 6.18 Å². The van der Waals surface area contributed by atoms with Gasteiger partial charge in [0.25, 0.3) is 0 Å². The average molecular weight is 487 g/mol. The molecule has 180 valence electrons. The molecule has 0 aliphatic carbocycles. The van der Waals surface area contributed by atoms with Gasteiger partial charge in [-0.15, -0.1) is 0 Å². The van der Waals surface area contributed by atoms with Crippen molar-refractivity contribution in [3.05, 3.63) is 59.7 Å². The van der Waals surface area contributed by atoms with Crippen LogP contribution in [0.5, 0.6) is 0 Å². The van der Waals surface area contributed by atoms with E-state index >= 15 is 0 Å². The minimum Gasteiger partial charge on any atom is -0.299 e. The maximum atomic E-state index is 13.1. The maximum Gasteiger partial charge on any atom is 0.433 e. The number of alkyl halides is 3. The lowest BCUT2D eigenvalue weighted by atomic mass is 10.0. The summed E-state index contributed by atoms with van der Waals surface area (Å²) >= 11 is 0. The van der Waals surface area contributed by atoms with E-state index in [1.807, 2.05) is 0 Å². The molecule has 11 heteroatoms. The van der Waals surface area contributed by atoms with Crippen LogP contribution < -0.4 is 0 Å². The smallest absolute Gasteiger partial charge is 0.299 e. The normalized spacial score (nSPS) is 20.2. The van der Waals surface area contributed by atoms with Gasteiger partial charge in [0.15, 0.2) is 0 Å². The van der Waals surface area contributed by atoms with Crippen molar-refractivity contribution in [2.24, 2.45) is 0 Å². The van der Waals surface area contributed by atoms with Crippen LogP contribution in [-0.4, -0.2) is 72.8 Å². The largest absolute Gasteiger partial charge is 0.433 e. The van der Waals surface area contributed by atoms with Gasteiger partial charge in [0.05, 0.1) is 4.90 Å². The van der Waals surface area contributed by atoms with Gasteiger partial charge < -0.3 is 0 Å². The molecule has 2 aliphatic heterocycles. The zero-order chi connectivity index (χ0) is 23.6. The molecule has 1 aromatic heterocycles. The van der Waals surface area contributed by atoms with E-state index in [4.69, 9.17) is 0 Å². The molecule has 33 heavy (non-hydrogen) atoms. The summed E-state index contributed by atoms with van der Waals surface area (Å²) in [7, 11) is -3.63. The lowest BCUT2D eigenvalue weighted by molar-refractivity contribution is -0.141. The van der Waals surface area contributed by atoms with Crippen molar-refractivity contribution in [1.82, 2.24) is 19.1 Å².